The molecule has 2 aromatic rings. The van der Waals surface area contributed by atoms with E-state index in [1.165, 1.54) is 22.7 Å². The number of aromatic nitrogens is 1. The number of thiazole rings is 1. The molecule has 2 aromatic heterocycles. The number of nitrogens with zero attached hydrogens (tertiary/aromatic N) is 1. The molecule has 1 N–H and O–H groups in total. The van der Waals surface area contributed by atoms with Crippen molar-refractivity contribution in [1.29, 1.82) is 0 Å². The molecule has 0 radical (unpaired) electrons. The molecule has 0 aliphatic carbocycles. The Kier molecular flexibility index (Phi) is 4.28. The molecule has 1 fully saturated rings. The van der Waals surface area contributed by atoms with E-state index in [1.807, 2.05) is 5.38 Å². The number of amides is 1. The topological polar surface area (TPSA) is 51.2 Å². The summed E-state index contributed by atoms with van der Waals surface area (Å²) in [6, 6.07) is 1.78. The molecule has 0 aromatic carbocycles. The highest BCUT2D eigenvalue weighted by Crippen LogP contribution is 2.39. The highest BCUT2D eigenvalue weighted by atomic mass is 35.5. The van der Waals surface area contributed by atoms with Crippen LogP contribution in [0, 0.1) is 5.92 Å². The molecule has 4 nitrogen and oxygen atoms in total. The summed E-state index contributed by atoms with van der Waals surface area (Å²) in [4.78, 5) is 16.3. The van der Waals surface area contributed by atoms with Gasteiger partial charge in [-0.25, -0.2) is 4.98 Å². The van der Waals surface area contributed by atoms with Crippen LogP contribution in [0.2, 0.25) is 8.67 Å². The second-order valence-corrected chi connectivity index (χ2v) is 7.47. The van der Waals surface area contributed by atoms with Gasteiger partial charge in [-0.3, -0.25) is 4.79 Å². The van der Waals surface area contributed by atoms with Gasteiger partial charge < -0.3 is 10.1 Å². The Morgan fingerprint density at radius 1 is 1.50 bits per heavy atom. The molecule has 1 aliphatic rings. The van der Waals surface area contributed by atoms with E-state index < -0.39 is 0 Å². The molecule has 106 valence electrons. The number of carbonyl (C=O) groups excluding carboxylic acids is 1. The number of rotatable bonds is 3. The fourth-order valence-corrected chi connectivity index (χ4v) is 4.11. The van der Waals surface area contributed by atoms with Crippen molar-refractivity contribution in [2.24, 2.45) is 5.92 Å². The Hall–Kier alpha value is -0.660. The van der Waals surface area contributed by atoms with Gasteiger partial charge in [0.05, 0.1) is 22.6 Å². The van der Waals surface area contributed by atoms with Crippen LogP contribution in [0.15, 0.2) is 11.4 Å². The van der Waals surface area contributed by atoms with Gasteiger partial charge in [0, 0.05) is 17.6 Å². The molecular weight excluding hydrogens is 339 g/mol. The number of ether oxygens (including phenoxy) is 1. The van der Waals surface area contributed by atoms with Gasteiger partial charge >= 0.3 is 0 Å². The van der Waals surface area contributed by atoms with E-state index >= 15 is 0 Å². The Bertz CT molecular complexity index is 635. The van der Waals surface area contributed by atoms with Gasteiger partial charge in [0.15, 0.2) is 5.13 Å². The molecule has 1 amide bonds. The maximum absolute atomic E-state index is 12.0. The number of hydrogen-bond acceptors (Lipinski definition) is 5. The van der Waals surface area contributed by atoms with Gasteiger partial charge in [-0.1, -0.05) is 23.2 Å². The van der Waals surface area contributed by atoms with E-state index in [4.69, 9.17) is 27.9 Å². The average molecular weight is 349 g/mol. The average Bonchev–Trinajstić information content (AvgIpc) is 3.10. The first-order chi connectivity index (χ1) is 9.63. The fourth-order valence-electron chi connectivity index (χ4n) is 1.92. The van der Waals surface area contributed by atoms with E-state index in [9.17, 15) is 4.79 Å². The van der Waals surface area contributed by atoms with E-state index in [-0.39, 0.29) is 11.8 Å². The number of carbonyl (C=O) groups is 1. The van der Waals surface area contributed by atoms with Crippen molar-refractivity contribution in [1.82, 2.24) is 4.98 Å². The van der Waals surface area contributed by atoms with Crippen molar-refractivity contribution in [2.45, 2.75) is 6.42 Å². The van der Waals surface area contributed by atoms with Crippen LogP contribution < -0.4 is 5.32 Å². The summed E-state index contributed by atoms with van der Waals surface area (Å²) < 4.78 is 6.42. The van der Waals surface area contributed by atoms with Crippen LogP contribution in [0.3, 0.4) is 0 Å². The first kappa shape index (κ1) is 14.3. The van der Waals surface area contributed by atoms with Crippen molar-refractivity contribution in [3.05, 3.63) is 20.1 Å². The number of halogens is 2. The lowest BCUT2D eigenvalue weighted by Crippen LogP contribution is -2.22. The summed E-state index contributed by atoms with van der Waals surface area (Å²) in [5.74, 6) is -0.126. The number of thiophene rings is 1. The maximum Gasteiger partial charge on any atom is 0.231 e. The van der Waals surface area contributed by atoms with Crippen LogP contribution >= 0.6 is 45.9 Å². The molecule has 1 saturated heterocycles. The Balaban J connectivity index is 1.73. The molecule has 3 rings (SSSR count). The summed E-state index contributed by atoms with van der Waals surface area (Å²) >= 11 is 14.7. The summed E-state index contributed by atoms with van der Waals surface area (Å²) in [7, 11) is 0. The standard InChI is InChI=1S/C12H10Cl2N2O2S2/c13-9-3-7(10(14)20-9)8-5-19-12(15-8)16-11(17)6-1-2-18-4-6/h3,5-6H,1-2,4H2,(H,15,16,17). The Labute approximate surface area is 133 Å². The lowest BCUT2D eigenvalue weighted by molar-refractivity contribution is -0.119. The monoisotopic (exact) mass is 348 g/mol. The third-order valence-electron chi connectivity index (χ3n) is 2.97. The van der Waals surface area contributed by atoms with Gasteiger partial charge in [-0.2, -0.15) is 0 Å². The zero-order valence-corrected chi connectivity index (χ0v) is 13.3. The quantitative estimate of drug-likeness (QED) is 0.906. The van der Waals surface area contributed by atoms with E-state index in [0.29, 0.717) is 27.0 Å². The van der Waals surface area contributed by atoms with E-state index in [0.717, 1.165) is 17.7 Å². The third-order valence-corrected chi connectivity index (χ3v) is 5.21. The molecule has 3 heterocycles. The van der Waals surface area contributed by atoms with Gasteiger partial charge in [-0.05, 0) is 12.5 Å². The first-order valence-corrected chi connectivity index (χ1v) is 8.38. The first-order valence-electron chi connectivity index (χ1n) is 5.93. The number of anilines is 1. The van der Waals surface area contributed by atoms with E-state index in [1.54, 1.807) is 6.07 Å². The fraction of sp³-hybridized carbons (Fsp3) is 0.333. The van der Waals surface area contributed by atoms with Crippen LogP contribution in [0.1, 0.15) is 6.42 Å². The molecule has 8 heteroatoms. The van der Waals surface area contributed by atoms with Crippen LogP contribution in [0.5, 0.6) is 0 Å². The van der Waals surface area contributed by atoms with Crippen molar-refractivity contribution in [3.63, 3.8) is 0 Å². The number of hydrogen-bond donors (Lipinski definition) is 1. The zero-order chi connectivity index (χ0) is 14.1. The third kappa shape index (κ3) is 2.99. The lowest BCUT2D eigenvalue weighted by atomic mass is 10.1. The largest absolute Gasteiger partial charge is 0.381 e. The Morgan fingerprint density at radius 3 is 3.00 bits per heavy atom. The second kappa shape index (κ2) is 5.99. The highest BCUT2D eigenvalue weighted by molar-refractivity contribution is 7.20. The zero-order valence-electron chi connectivity index (χ0n) is 10.2. The predicted molar refractivity (Wildman–Crippen MR) is 83.0 cm³/mol. The highest BCUT2D eigenvalue weighted by Gasteiger charge is 2.24. The maximum atomic E-state index is 12.0. The summed E-state index contributed by atoms with van der Waals surface area (Å²) in [6.07, 6.45) is 0.760. The summed E-state index contributed by atoms with van der Waals surface area (Å²) in [5.41, 5.74) is 1.52. The molecule has 0 spiro atoms. The van der Waals surface area contributed by atoms with Gasteiger partial charge in [0.25, 0.3) is 0 Å². The van der Waals surface area contributed by atoms with Crippen LogP contribution in [-0.4, -0.2) is 24.1 Å². The van der Waals surface area contributed by atoms with Crippen molar-refractivity contribution < 1.29 is 9.53 Å². The molecule has 0 saturated carbocycles. The molecule has 0 bridgehead atoms. The predicted octanol–water partition coefficient (Wildman–Crippen LogP) is 4.15. The smallest absolute Gasteiger partial charge is 0.231 e. The van der Waals surface area contributed by atoms with Crippen molar-refractivity contribution >= 4 is 56.9 Å². The molecular formula is C12H10Cl2N2O2S2. The van der Waals surface area contributed by atoms with Crippen LogP contribution in [-0.2, 0) is 9.53 Å². The molecule has 1 aliphatic heterocycles. The van der Waals surface area contributed by atoms with Crippen LogP contribution in [0.4, 0.5) is 5.13 Å². The second-order valence-electron chi connectivity index (χ2n) is 4.33. The van der Waals surface area contributed by atoms with Gasteiger partial charge in [-0.15, -0.1) is 22.7 Å². The van der Waals surface area contributed by atoms with Crippen molar-refractivity contribution in [3.8, 4) is 11.3 Å². The minimum Gasteiger partial charge on any atom is -0.381 e. The minimum atomic E-state index is -0.0819. The normalized spacial score (nSPS) is 18.4. The van der Waals surface area contributed by atoms with Gasteiger partial charge in [0.2, 0.25) is 5.91 Å². The molecule has 20 heavy (non-hydrogen) atoms. The summed E-state index contributed by atoms with van der Waals surface area (Å²) in [6.45, 7) is 1.13. The Morgan fingerprint density at radius 2 is 2.35 bits per heavy atom. The van der Waals surface area contributed by atoms with E-state index in [2.05, 4.69) is 10.3 Å². The molecule has 1 unspecified atom stereocenters. The lowest BCUT2D eigenvalue weighted by Gasteiger charge is -2.05. The van der Waals surface area contributed by atoms with Crippen LogP contribution in [0.25, 0.3) is 11.3 Å². The summed E-state index contributed by atoms with van der Waals surface area (Å²) in [5, 5.41) is 5.23. The minimum absolute atomic E-state index is 0.0437. The molecule has 1 atom stereocenters. The number of nitrogens with one attached hydrogen (secondary N) is 1. The SMILES string of the molecule is O=C(Nc1nc(-c2cc(Cl)sc2Cl)cs1)C1CCOC1. The van der Waals surface area contributed by atoms with Gasteiger partial charge in [0.1, 0.15) is 4.34 Å². The van der Waals surface area contributed by atoms with Crippen molar-refractivity contribution in [2.75, 3.05) is 18.5 Å².